The lowest BCUT2D eigenvalue weighted by molar-refractivity contribution is -0.00399. The van der Waals surface area contributed by atoms with Crippen molar-refractivity contribution in [3.63, 3.8) is 0 Å². The van der Waals surface area contributed by atoms with Crippen molar-refractivity contribution in [3.05, 3.63) is 36.0 Å². The van der Waals surface area contributed by atoms with E-state index in [0.29, 0.717) is 19.8 Å². The highest BCUT2D eigenvalue weighted by molar-refractivity contribution is 7.89. The Labute approximate surface area is 143 Å². The van der Waals surface area contributed by atoms with Gasteiger partial charge in [-0.1, -0.05) is 18.2 Å². The van der Waals surface area contributed by atoms with Crippen molar-refractivity contribution in [2.75, 3.05) is 46.2 Å². The summed E-state index contributed by atoms with van der Waals surface area (Å²) in [6.07, 6.45) is 2.90. The minimum Gasteiger partial charge on any atom is -0.378 e. The van der Waals surface area contributed by atoms with Crippen LogP contribution in [0.15, 0.2) is 30.5 Å². The van der Waals surface area contributed by atoms with Crippen LogP contribution in [0.5, 0.6) is 0 Å². The van der Waals surface area contributed by atoms with E-state index < -0.39 is 10.0 Å². The minimum atomic E-state index is -3.17. The number of sulfonamides is 1. The predicted octanol–water partition coefficient (Wildman–Crippen LogP) is 1.30. The largest absolute Gasteiger partial charge is 0.378 e. The van der Waals surface area contributed by atoms with Gasteiger partial charge >= 0.3 is 0 Å². The highest BCUT2D eigenvalue weighted by Gasteiger charge is 2.26. The van der Waals surface area contributed by atoms with Crippen LogP contribution in [0, 0.1) is 0 Å². The van der Waals surface area contributed by atoms with Gasteiger partial charge in [0.05, 0.1) is 19.0 Å². The number of H-pyrrole nitrogens is 1. The third-order valence-corrected chi connectivity index (χ3v) is 6.48. The number of hydrogen-bond donors (Lipinski definition) is 1. The summed E-state index contributed by atoms with van der Waals surface area (Å²) in [6, 6.07) is 8.45. The highest BCUT2D eigenvalue weighted by Crippen LogP contribution is 2.21. The topological polar surface area (TPSA) is 65.6 Å². The third kappa shape index (κ3) is 3.80. The van der Waals surface area contributed by atoms with E-state index in [1.165, 1.54) is 15.3 Å². The Bertz CT molecular complexity index is 785. The Morgan fingerprint density at radius 1 is 1.33 bits per heavy atom. The highest BCUT2D eigenvalue weighted by atomic mass is 32.2. The lowest BCUT2D eigenvalue weighted by atomic mass is 10.0. The van der Waals surface area contributed by atoms with Gasteiger partial charge in [-0.05, 0) is 18.1 Å². The summed E-state index contributed by atoms with van der Waals surface area (Å²) in [7, 11) is -0.0102. The second-order valence-electron chi connectivity index (χ2n) is 6.43. The van der Waals surface area contributed by atoms with Crippen LogP contribution >= 0.6 is 0 Å². The molecular formula is C17H25N3O3S. The van der Waals surface area contributed by atoms with Crippen molar-refractivity contribution >= 4 is 20.9 Å². The van der Waals surface area contributed by atoms with Gasteiger partial charge in [0.15, 0.2) is 0 Å². The SMILES string of the molecule is CN(C)S(=O)(=O)CCN1CCOCC1Cc1c[nH]c2ccccc12. The molecule has 3 rings (SSSR count). The molecule has 0 aliphatic carbocycles. The van der Waals surface area contributed by atoms with Crippen LogP contribution in [0.3, 0.4) is 0 Å². The van der Waals surface area contributed by atoms with Crippen LogP contribution in [0.4, 0.5) is 0 Å². The fraction of sp³-hybridized carbons (Fsp3) is 0.529. The first-order chi connectivity index (χ1) is 11.5. The molecule has 132 valence electrons. The molecular weight excluding hydrogens is 326 g/mol. The monoisotopic (exact) mass is 351 g/mol. The summed E-state index contributed by atoms with van der Waals surface area (Å²) in [5.74, 6) is 0.143. The molecule has 0 saturated carbocycles. The molecule has 1 unspecified atom stereocenters. The van der Waals surface area contributed by atoms with Crippen LogP contribution in [-0.4, -0.2) is 74.8 Å². The second-order valence-corrected chi connectivity index (χ2v) is 8.73. The third-order valence-electron chi connectivity index (χ3n) is 4.67. The number of aromatic amines is 1. The molecule has 1 N–H and O–H groups in total. The summed E-state index contributed by atoms with van der Waals surface area (Å²) >= 11 is 0. The van der Waals surface area contributed by atoms with Crippen molar-refractivity contribution in [1.29, 1.82) is 0 Å². The van der Waals surface area contributed by atoms with Crippen molar-refractivity contribution in [1.82, 2.24) is 14.2 Å². The van der Waals surface area contributed by atoms with Crippen LogP contribution in [0.1, 0.15) is 5.56 Å². The Morgan fingerprint density at radius 2 is 2.12 bits per heavy atom. The fourth-order valence-corrected chi connectivity index (χ4v) is 3.97. The number of morpholine rings is 1. The van der Waals surface area contributed by atoms with Crippen molar-refractivity contribution in [2.24, 2.45) is 0 Å². The van der Waals surface area contributed by atoms with E-state index in [0.717, 1.165) is 18.5 Å². The zero-order chi connectivity index (χ0) is 17.2. The summed E-state index contributed by atoms with van der Waals surface area (Å²) < 4.78 is 31.0. The van der Waals surface area contributed by atoms with E-state index >= 15 is 0 Å². The Morgan fingerprint density at radius 3 is 2.92 bits per heavy atom. The maximum absolute atomic E-state index is 12.0. The first-order valence-corrected chi connectivity index (χ1v) is 9.85. The van der Waals surface area contributed by atoms with Crippen LogP contribution in [0.25, 0.3) is 10.9 Å². The number of fused-ring (bicyclic) bond motifs is 1. The van der Waals surface area contributed by atoms with Gasteiger partial charge < -0.3 is 9.72 Å². The van der Waals surface area contributed by atoms with Gasteiger partial charge in [-0.2, -0.15) is 0 Å². The zero-order valence-electron chi connectivity index (χ0n) is 14.2. The lowest BCUT2D eigenvalue weighted by Crippen LogP contribution is -2.48. The first kappa shape index (κ1) is 17.4. The maximum atomic E-state index is 12.0. The molecule has 1 saturated heterocycles. The average Bonchev–Trinajstić information content (AvgIpc) is 2.97. The molecule has 7 heteroatoms. The number of ether oxygens (including phenoxy) is 1. The van der Waals surface area contributed by atoms with Crippen LogP contribution in [0.2, 0.25) is 0 Å². The smallest absolute Gasteiger partial charge is 0.214 e. The van der Waals surface area contributed by atoms with E-state index in [4.69, 9.17) is 4.74 Å². The molecule has 0 spiro atoms. The standard InChI is InChI=1S/C17H25N3O3S/c1-19(2)24(21,22)10-8-20-7-9-23-13-15(20)11-14-12-18-17-6-4-3-5-16(14)17/h3-6,12,15,18H,7-11,13H2,1-2H3. The molecule has 1 fully saturated rings. The molecule has 1 aromatic heterocycles. The molecule has 1 aromatic carbocycles. The van der Waals surface area contributed by atoms with Crippen molar-refractivity contribution < 1.29 is 13.2 Å². The number of para-hydroxylation sites is 1. The molecule has 1 aliphatic rings. The van der Waals surface area contributed by atoms with E-state index in [1.807, 2.05) is 18.3 Å². The van der Waals surface area contributed by atoms with Gasteiger partial charge in [-0.3, -0.25) is 4.90 Å². The number of rotatable bonds is 6. The molecule has 24 heavy (non-hydrogen) atoms. The summed E-state index contributed by atoms with van der Waals surface area (Å²) in [5.41, 5.74) is 2.38. The van der Waals surface area contributed by atoms with Crippen LogP contribution in [-0.2, 0) is 21.2 Å². The Hall–Kier alpha value is -1.41. The molecule has 0 bridgehead atoms. The molecule has 1 atom stereocenters. The van der Waals surface area contributed by atoms with E-state index in [-0.39, 0.29) is 11.8 Å². The Balaban J connectivity index is 1.71. The molecule has 2 aromatic rings. The molecule has 0 amide bonds. The second kappa shape index (κ2) is 7.23. The van der Waals surface area contributed by atoms with Crippen LogP contribution < -0.4 is 0 Å². The summed E-state index contributed by atoms with van der Waals surface area (Å²) in [6.45, 7) is 2.61. The predicted molar refractivity (Wildman–Crippen MR) is 95.7 cm³/mol. The fourth-order valence-electron chi connectivity index (χ4n) is 3.14. The summed E-state index contributed by atoms with van der Waals surface area (Å²) in [5, 5.41) is 1.23. The molecule has 1 aliphatic heterocycles. The normalized spacial score (nSPS) is 20.0. The number of benzene rings is 1. The van der Waals surface area contributed by atoms with E-state index in [2.05, 4.69) is 22.0 Å². The lowest BCUT2D eigenvalue weighted by Gasteiger charge is -2.35. The Kier molecular flexibility index (Phi) is 5.24. The summed E-state index contributed by atoms with van der Waals surface area (Å²) in [4.78, 5) is 5.54. The van der Waals surface area contributed by atoms with E-state index in [1.54, 1.807) is 14.1 Å². The number of nitrogens with zero attached hydrogens (tertiary/aromatic N) is 2. The van der Waals surface area contributed by atoms with Crippen molar-refractivity contribution in [2.45, 2.75) is 12.5 Å². The molecule has 2 heterocycles. The number of nitrogens with one attached hydrogen (secondary N) is 1. The quantitative estimate of drug-likeness (QED) is 0.852. The molecule has 6 nitrogen and oxygen atoms in total. The number of hydrogen-bond acceptors (Lipinski definition) is 4. The van der Waals surface area contributed by atoms with Gasteiger partial charge in [0, 0.05) is 50.3 Å². The first-order valence-electron chi connectivity index (χ1n) is 8.24. The number of aromatic nitrogens is 1. The van der Waals surface area contributed by atoms with Gasteiger partial charge in [-0.25, -0.2) is 12.7 Å². The van der Waals surface area contributed by atoms with Crippen molar-refractivity contribution in [3.8, 4) is 0 Å². The minimum absolute atomic E-state index is 0.143. The van der Waals surface area contributed by atoms with Gasteiger partial charge in [0.25, 0.3) is 0 Å². The maximum Gasteiger partial charge on any atom is 0.214 e. The van der Waals surface area contributed by atoms with Gasteiger partial charge in [-0.15, -0.1) is 0 Å². The molecule has 0 radical (unpaired) electrons. The average molecular weight is 351 g/mol. The van der Waals surface area contributed by atoms with Gasteiger partial charge in [0.1, 0.15) is 0 Å². The van der Waals surface area contributed by atoms with Gasteiger partial charge in [0.2, 0.25) is 10.0 Å². The van der Waals surface area contributed by atoms with E-state index in [9.17, 15) is 8.42 Å². The zero-order valence-corrected chi connectivity index (χ0v) is 15.1.